The lowest BCUT2D eigenvalue weighted by atomic mass is 10.1. The smallest absolute Gasteiger partial charge is 0.253 e. The summed E-state index contributed by atoms with van der Waals surface area (Å²) in [6.07, 6.45) is 3.44. The third kappa shape index (κ3) is 3.29. The maximum Gasteiger partial charge on any atom is 0.253 e. The number of fused-ring (bicyclic) bond motifs is 1. The van der Waals surface area contributed by atoms with Gasteiger partial charge in [0.15, 0.2) is 0 Å². The molecule has 1 aromatic rings. The lowest BCUT2D eigenvalue weighted by Gasteiger charge is -2.24. The Kier molecular flexibility index (Phi) is 4.43. The van der Waals surface area contributed by atoms with E-state index < -0.39 is 0 Å². The van der Waals surface area contributed by atoms with E-state index >= 15 is 0 Å². The molecule has 1 aromatic carbocycles. The lowest BCUT2D eigenvalue weighted by molar-refractivity contribution is -0.115. The monoisotopic (exact) mass is 318 g/mol. The number of rotatable bonds is 5. The van der Waals surface area contributed by atoms with Crippen molar-refractivity contribution >= 4 is 29.3 Å². The van der Waals surface area contributed by atoms with Crippen LogP contribution in [-0.2, 0) is 4.79 Å². The van der Waals surface area contributed by atoms with Gasteiger partial charge in [0.25, 0.3) is 5.91 Å². The normalized spacial score (nSPS) is 20.3. The predicted octanol–water partition coefficient (Wildman–Crippen LogP) is 3.38. The van der Waals surface area contributed by atoms with Crippen molar-refractivity contribution in [3.05, 3.63) is 23.8 Å². The van der Waals surface area contributed by atoms with E-state index in [1.165, 1.54) is 12.8 Å². The number of hydrogen-bond donors (Lipinski definition) is 1. The van der Waals surface area contributed by atoms with Crippen molar-refractivity contribution in [1.82, 2.24) is 4.90 Å². The van der Waals surface area contributed by atoms with Gasteiger partial charge in [-0.25, -0.2) is 0 Å². The molecule has 4 nitrogen and oxygen atoms in total. The number of nitrogens with zero attached hydrogens (tertiary/aromatic N) is 1. The van der Waals surface area contributed by atoms with Gasteiger partial charge in [-0.05, 0) is 50.3 Å². The Morgan fingerprint density at radius 1 is 1.41 bits per heavy atom. The van der Waals surface area contributed by atoms with E-state index in [9.17, 15) is 9.59 Å². The van der Waals surface area contributed by atoms with Gasteiger partial charge in [-0.1, -0.05) is 6.92 Å². The Hall–Kier alpha value is -1.49. The van der Waals surface area contributed by atoms with Gasteiger partial charge < -0.3 is 10.2 Å². The van der Waals surface area contributed by atoms with Gasteiger partial charge in [0, 0.05) is 23.5 Å². The second kappa shape index (κ2) is 6.32. The Bertz CT molecular complexity index is 598. The first kappa shape index (κ1) is 15.4. The quantitative estimate of drug-likeness (QED) is 0.905. The molecule has 3 rings (SSSR count). The van der Waals surface area contributed by atoms with E-state index in [4.69, 9.17) is 0 Å². The largest absolute Gasteiger partial charge is 0.338 e. The van der Waals surface area contributed by atoms with Crippen molar-refractivity contribution in [2.45, 2.75) is 43.3 Å². The summed E-state index contributed by atoms with van der Waals surface area (Å²) in [6.45, 7) is 5.64. The molecule has 0 aromatic heterocycles. The third-order valence-corrected chi connectivity index (χ3v) is 5.29. The molecule has 22 heavy (non-hydrogen) atoms. The number of hydrogen-bond acceptors (Lipinski definition) is 3. The highest BCUT2D eigenvalue weighted by Gasteiger charge is 2.28. The average Bonchev–Trinajstić information content (AvgIpc) is 3.31. The zero-order valence-corrected chi connectivity index (χ0v) is 13.9. The maximum atomic E-state index is 12.7. The zero-order chi connectivity index (χ0) is 15.7. The zero-order valence-electron chi connectivity index (χ0n) is 13.1. The summed E-state index contributed by atoms with van der Waals surface area (Å²) in [6, 6.07) is 5.66. The summed E-state index contributed by atoms with van der Waals surface area (Å²) >= 11 is 1.54. The predicted molar refractivity (Wildman–Crippen MR) is 89.3 cm³/mol. The van der Waals surface area contributed by atoms with E-state index in [1.807, 2.05) is 30.0 Å². The summed E-state index contributed by atoms with van der Waals surface area (Å²) < 4.78 is 0. The fourth-order valence-electron chi connectivity index (χ4n) is 2.68. The molecular formula is C17H22N2O2S. The van der Waals surface area contributed by atoms with E-state index in [0.717, 1.165) is 30.1 Å². The number of nitrogens with one attached hydrogen (secondary N) is 1. The number of amides is 2. The van der Waals surface area contributed by atoms with Gasteiger partial charge in [-0.15, -0.1) is 11.8 Å². The second-order valence-electron chi connectivity index (χ2n) is 6.15. The maximum absolute atomic E-state index is 12.7. The molecule has 1 aliphatic carbocycles. The van der Waals surface area contributed by atoms with Crippen molar-refractivity contribution < 1.29 is 9.59 Å². The molecule has 1 saturated carbocycles. The number of benzene rings is 1. The molecule has 1 heterocycles. The van der Waals surface area contributed by atoms with Crippen LogP contribution in [0, 0.1) is 5.92 Å². The topological polar surface area (TPSA) is 49.4 Å². The number of anilines is 1. The van der Waals surface area contributed by atoms with Crippen LogP contribution in [0.1, 0.15) is 43.5 Å². The standard InChI is InChI=1S/C17H22N2O2S/c1-3-8-19(10-12-4-5-12)17(21)13-6-7-15-14(9-13)18-16(20)11(2)22-15/h6-7,9,11-12H,3-5,8,10H2,1-2H3,(H,18,20)/t11-/m0/s1. The molecule has 5 heteroatoms. The van der Waals surface area contributed by atoms with Crippen LogP contribution in [0.2, 0.25) is 0 Å². The van der Waals surface area contributed by atoms with Crippen molar-refractivity contribution in [2.24, 2.45) is 5.92 Å². The fourth-order valence-corrected chi connectivity index (χ4v) is 3.61. The van der Waals surface area contributed by atoms with Crippen LogP contribution < -0.4 is 5.32 Å². The second-order valence-corrected chi connectivity index (χ2v) is 7.54. The summed E-state index contributed by atoms with van der Waals surface area (Å²) in [4.78, 5) is 27.5. The average molecular weight is 318 g/mol. The van der Waals surface area contributed by atoms with Crippen molar-refractivity contribution in [2.75, 3.05) is 18.4 Å². The van der Waals surface area contributed by atoms with E-state index in [-0.39, 0.29) is 17.1 Å². The van der Waals surface area contributed by atoms with Gasteiger partial charge in [-0.2, -0.15) is 0 Å². The molecule has 0 saturated heterocycles. The van der Waals surface area contributed by atoms with Crippen LogP contribution >= 0.6 is 11.8 Å². The molecule has 0 spiro atoms. The molecule has 0 bridgehead atoms. The molecule has 2 aliphatic rings. The van der Waals surface area contributed by atoms with Gasteiger partial charge in [0.2, 0.25) is 5.91 Å². The van der Waals surface area contributed by atoms with Gasteiger partial charge >= 0.3 is 0 Å². The highest BCUT2D eigenvalue weighted by molar-refractivity contribution is 8.00. The fraction of sp³-hybridized carbons (Fsp3) is 0.529. The summed E-state index contributed by atoms with van der Waals surface area (Å²) in [5.41, 5.74) is 1.44. The molecule has 2 amide bonds. The Balaban J connectivity index is 1.79. The minimum Gasteiger partial charge on any atom is -0.338 e. The van der Waals surface area contributed by atoms with E-state index in [1.54, 1.807) is 11.8 Å². The SMILES string of the molecule is CCCN(CC1CC1)C(=O)c1ccc2c(c1)NC(=O)[C@H](C)S2. The Morgan fingerprint density at radius 2 is 2.18 bits per heavy atom. The summed E-state index contributed by atoms with van der Waals surface area (Å²) in [7, 11) is 0. The minimum atomic E-state index is -0.0829. The summed E-state index contributed by atoms with van der Waals surface area (Å²) in [5.74, 6) is 0.768. The molecule has 1 aliphatic heterocycles. The number of carbonyl (C=O) groups excluding carboxylic acids is 2. The molecule has 1 fully saturated rings. The van der Waals surface area contributed by atoms with Gasteiger partial charge in [0.05, 0.1) is 10.9 Å². The molecule has 118 valence electrons. The number of thioether (sulfide) groups is 1. The molecular weight excluding hydrogens is 296 g/mol. The highest BCUT2D eigenvalue weighted by Crippen LogP contribution is 2.36. The van der Waals surface area contributed by atoms with Crippen LogP contribution in [0.3, 0.4) is 0 Å². The van der Waals surface area contributed by atoms with Crippen LogP contribution in [0.15, 0.2) is 23.1 Å². The first-order valence-corrected chi connectivity index (χ1v) is 8.87. The molecule has 1 N–H and O–H groups in total. The minimum absolute atomic E-state index is 0.00509. The Labute approximate surface area is 135 Å². The van der Waals surface area contributed by atoms with E-state index in [0.29, 0.717) is 11.5 Å². The number of carbonyl (C=O) groups is 2. The first-order valence-electron chi connectivity index (χ1n) is 7.99. The third-order valence-electron chi connectivity index (χ3n) is 4.11. The molecule has 0 radical (unpaired) electrons. The van der Waals surface area contributed by atoms with Crippen LogP contribution in [0.5, 0.6) is 0 Å². The van der Waals surface area contributed by atoms with Crippen LogP contribution in [-0.4, -0.2) is 35.1 Å². The molecule has 1 atom stereocenters. The Morgan fingerprint density at radius 3 is 2.86 bits per heavy atom. The van der Waals surface area contributed by atoms with Crippen LogP contribution in [0.25, 0.3) is 0 Å². The van der Waals surface area contributed by atoms with E-state index in [2.05, 4.69) is 12.2 Å². The van der Waals surface area contributed by atoms with Crippen LogP contribution in [0.4, 0.5) is 5.69 Å². The first-order chi connectivity index (χ1) is 10.6. The van der Waals surface area contributed by atoms with Crippen molar-refractivity contribution in [3.8, 4) is 0 Å². The highest BCUT2D eigenvalue weighted by atomic mass is 32.2. The van der Waals surface area contributed by atoms with Gasteiger partial charge in [0.1, 0.15) is 0 Å². The lowest BCUT2D eigenvalue weighted by Crippen LogP contribution is -2.34. The van der Waals surface area contributed by atoms with Crippen molar-refractivity contribution in [3.63, 3.8) is 0 Å². The molecule has 0 unspecified atom stereocenters. The summed E-state index contributed by atoms with van der Waals surface area (Å²) in [5, 5.41) is 2.82. The van der Waals surface area contributed by atoms with Gasteiger partial charge in [-0.3, -0.25) is 9.59 Å². The van der Waals surface area contributed by atoms with Crippen molar-refractivity contribution in [1.29, 1.82) is 0 Å².